The fraction of sp³-hybridized carbons (Fsp3) is 0.333. The molecule has 0 N–H and O–H groups in total. The van der Waals surface area contributed by atoms with E-state index in [1.165, 1.54) is 10.5 Å². The van der Waals surface area contributed by atoms with Crippen LogP contribution in [-0.2, 0) is 0 Å². The number of pyridine rings is 1. The highest BCUT2D eigenvalue weighted by atomic mass is 32.2. The topological polar surface area (TPSA) is 12.9 Å². The van der Waals surface area contributed by atoms with E-state index in [9.17, 15) is 0 Å². The Balaban J connectivity index is 2.41. The van der Waals surface area contributed by atoms with Gasteiger partial charge in [0.15, 0.2) is 0 Å². The third-order valence-electron chi connectivity index (χ3n) is 2.35. The standard InChI is InChI=1S/C12H13NS2/c1-7-4-8(2)13-11(5-7)10-6-9(3)15-12(10)14/h4-6,10H,1-3H3. The third kappa shape index (κ3) is 2.29. The SMILES string of the molecule is CC1=CC(c2cc(C)cc(C)n2)C(=S)S1. The van der Waals surface area contributed by atoms with Crippen LogP contribution in [0, 0.1) is 13.8 Å². The quantitative estimate of drug-likeness (QED) is 0.688. The Labute approximate surface area is 100.0 Å². The maximum Gasteiger partial charge on any atom is 0.0652 e. The lowest BCUT2D eigenvalue weighted by Gasteiger charge is -2.09. The van der Waals surface area contributed by atoms with Crippen molar-refractivity contribution in [3.8, 4) is 0 Å². The van der Waals surface area contributed by atoms with Gasteiger partial charge in [0.25, 0.3) is 0 Å². The molecule has 0 aliphatic carbocycles. The molecule has 1 unspecified atom stereocenters. The lowest BCUT2D eigenvalue weighted by atomic mass is 10.0. The van der Waals surface area contributed by atoms with Crippen LogP contribution in [0.15, 0.2) is 23.1 Å². The van der Waals surface area contributed by atoms with Crippen molar-refractivity contribution in [2.75, 3.05) is 0 Å². The zero-order valence-corrected chi connectivity index (χ0v) is 10.7. The number of hydrogen-bond donors (Lipinski definition) is 0. The number of nitrogens with zero attached hydrogens (tertiary/aromatic N) is 1. The van der Waals surface area contributed by atoms with Crippen molar-refractivity contribution in [2.24, 2.45) is 0 Å². The summed E-state index contributed by atoms with van der Waals surface area (Å²) in [6, 6.07) is 4.21. The van der Waals surface area contributed by atoms with Crippen molar-refractivity contribution in [3.63, 3.8) is 0 Å². The minimum Gasteiger partial charge on any atom is -0.257 e. The molecule has 0 aromatic carbocycles. The maximum absolute atomic E-state index is 5.36. The summed E-state index contributed by atoms with van der Waals surface area (Å²) in [6.45, 7) is 6.22. The minimum absolute atomic E-state index is 0.226. The van der Waals surface area contributed by atoms with Crippen molar-refractivity contribution < 1.29 is 0 Å². The largest absolute Gasteiger partial charge is 0.257 e. The molecule has 3 heteroatoms. The Morgan fingerprint density at radius 3 is 2.53 bits per heavy atom. The lowest BCUT2D eigenvalue weighted by Crippen LogP contribution is -2.04. The van der Waals surface area contributed by atoms with E-state index in [0.717, 1.165) is 15.6 Å². The number of thioether (sulfide) groups is 1. The van der Waals surface area contributed by atoms with Crippen LogP contribution in [0.3, 0.4) is 0 Å². The summed E-state index contributed by atoms with van der Waals surface area (Å²) in [4.78, 5) is 5.84. The predicted molar refractivity (Wildman–Crippen MR) is 70.4 cm³/mol. The van der Waals surface area contributed by atoms with Gasteiger partial charge < -0.3 is 0 Å². The van der Waals surface area contributed by atoms with Crippen LogP contribution in [-0.4, -0.2) is 9.18 Å². The van der Waals surface area contributed by atoms with Crippen LogP contribution in [0.1, 0.15) is 29.8 Å². The lowest BCUT2D eigenvalue weighted by molar-refractivity contribution is 1.01. The zero-order chi connectivity index (χ0) is 11.0. The van der Waals surface area contributed by atoms with E-state index in [1.807, 2.05) is 6.92 Å². The fourth-order valence-corrected chi connectivity index (χ4v) is 3.22. The van der Waals surface area contributed by atoms with Gasteiger partial charge in [0.1, 0.15) is 0 Å². The van der Waals surface area contributed by atoms with E-state index in [0.29, 0.717) is 0 Å². The number of rotatable bonds is 1. The van der Waals surface area contributed by atoms with Crippen LogP contribution in [0.5, 0.6) is 0 Å². The molecule has 0 saturated heterocycles. The second-order valence-corrected chi connectivity index (χ2v) is 5.87. The molecule has 0 amide bonds. The Kier molecular flexibility index (Phi) is 2.94. The van der Waals surface area contributed by atoms with Gasteiger partial charge in [-0.05, 0) is 43.4 Å². The summed E-state index contributed by atoms with van der Waals surface area (Å²) >= 11 is 7.04. The normalized spacial score (nSPS) is 20.6. The predicted octanol–water partition coefficient (Wildman–Crippen LogP) is 3.76. The van der Waals surface area contributed by atoms with Gasteiger partial charge in [-0.2, -0.15) is 0 Å². The molecule has 2 heterocycles. The van der Waals surface area contributed by atoms with Gasteiger partial charge in [-0.15, -0.1) is 0 Å². The summed E-state index contributed by atoms with van der Waals surface area (Å²) in [7, 11) is 0. The van der Waals surface area contributed by atoms with Gasteiger partial charge in [-0.25, -0.2) is 0 Å². The van der Waals surface area contributed by atoms with E-state index < -0.39 is 0 Å². The number of allylic oxidation sites excluding steroid dienone is 2. The average molecular weight is 235 g/mol. The molecule has 0 bridgehead atoms. The highest BCUT2D eigenvalue weighted by molar-refractivity contribution is 8.26. The smallest absolute Gasteiger partial charge is 0.0652 e. The molecule has 1 atom stereocenters. The molecular weight excluding hydrogens is 222 g/mol. The molecule has 0 saturated carbocycles. The highest BCUT2D eigenvalue weighted by Crippen LogP contribution is 2.37. The summed E-state index contributed by atoms with van der Waals surface area (Å²) in [5.74, 6) is 0.226. The molecule has 15 heavy (non-hydrogen) atoms. The van der Waals surface area contributed by atoms with E-state index in [2.05, 4.69) is 37.0 Å². The summed E-state index contributed by atoms with van der Waals surface area (Å²) in [5, 5.41) is 0. The summed E-state index contributed by atoms with van der Waals surface area (Å²) in [6.07, 6.45) is 2.20. The molecule has 1 aliphatic heterocycles. The van der Waals surface area contributed by atoms with E-state index >= 15 is 0 Å². The average Bonchev–Trinajstić information content (AvgIpc) is 2.43. The molecule has 1 nitrogen and oxygen atoms in total. The number of aryl methyl sites for hydroxylation is 2. The van der Waals surface area contributed by atoms with Crippen molar-refractivity contribution in [3.05, 3.63) is 40.1 Å². The molecule has 0 radical (unpaired) electrons. The first-order valence-electron chi connectivity index (χ1n) is 4.91. The van der Waals surface area contributed by atoms with Crippen LogP contribution in [0.25, 0.3) is 0 Å². The van der Waals surface area contributed by atoms with Gasteiger partial charge in [-0.3, -0.25) is 4.98 Å². The number of aromatic nitrogens is 1. The van der Waals surface area contributed by atoms with Gasteiger partial charge in [0.05, 0.1) is 15.8 Å². The van der Waals surface area contributed by atoms with Gasteiger partial charge in [-0.1, -0.05) is 30.1 Å². The minimum atomic E-state index is 0.226. The van der Waals surface area contributed by atoms with Gasteiger partial charge in [0, 0.05) is 5.69 Å². The van der Waals surface area contributed by atoms with Gasteiger partial charge >= 0.3 is 0 Å². The van der Waals surface area contributed by atoms with Crippen molar-refractivity contribution >= 4 is 28.2 Å². The molecule has 78 valence electrons. The molecule has 1 aromatic rings. The second kappa shape index (κ2) is 4.06. The van der Waals surface area contributed by atoms with Crippen LogP contribution in [0.4, 0.5) is 0 Å². The van der Waals surface area contributed by atoms with E-state index in [1.54, 1.807) is 11.8 Å². The van der Waals surface area contributed by atoms with Crippen molar-refractivity contribution in [2.45, 2.75) is 26.7 Å². The van der Waals surface area contributed by atoms with Crippen LogP contribution >= 0.6 is 24.0 Å². The van der Waals surface area contributed by atoms with Crippen molar-refractivity contribution in [1.29, 1.82) is 0 Å². The Bertz CT molecular complexity index is 429. The summed E-state index contributed by atoms with van der Waals surface area (Å²) < 4.78 is 1.02. The molecule has 0 spiro atoms. The molecule has 2 rings (SSSR count). The van der Waals surface area contributed by atoms with E-state index in [4.69, 9.17) is 12.2 Å². The Morgan fingerprint density at radius 2 is 2.00 bits per heavy atom. The zero-order valence-electron chi connectivity index (χ0n) is 9.07. The monoisotopic (exact) mass is 235 g/mol. The first-order valence-corrected chi connectivity index (χ1v) is 6.14. The fourth-order valence-electron chi connectivity index (χ4n) is 1.80. The van der Waals surface area contributed by atoms with Crippen LogP contribution < -0.4 is 0 Å². The van der Waals surface area contributed by atoms with E-state index in [-0.39, 0.29) is 5.92 Å². The second-order valence-electron chi connectivity index (χ2n) is 3.89. The Hall–Kier alpha value is -0.670. The van der Waals surface area contributed by atoms with Gasteiger partial charge in [0.2, 0.25) is 0 Å². The molecule has 1 aromatic heterocycles. The first kappa shape index (κ1) is 10.8. The number of hydrogen-bond acceptors (Lipinski definition) is 3. The number of thiocarbonyl (C=S) groups is 1. The molecular formula is C12H13NS2. The summed E-state index contributed by atoms with van der Waals surface area (Å²) in [5.41, 5.74) is 3.40. The molecule has 1 aliphatic rings. The van der Waals surface area contributed by atoms with Crippen molar-refractivity contribution in [1.82, 2.24) is 4.98 Å². The molecule has 0 fully saturated rings. The maximum atomic E-state index is 5.36. The highest BCUT2D eigenvalue weighted by Gasteiger charge is 2.23. The van der Waals surface area contributed by atoms with Crippen LogP contribution in [0.2, 0.25) is 0 Å². The Morgan fingerprint density at radius 1 is 1.27 bits per heavy atom. The first-order chi connectivity index (χ1) is 7.06. The third-order valence-corrected chi connectivity index (χ3v) is 3.77.